The Bertz CT molecular complexity index is 411. The number of nitrogens with two attached hydrogens (primary N) is 1. The van der Waals surface area contributed by atoms with Crippen molar-refractivity contribution < 1.29 is 22.6 Å². The summed E-state index contributed by atoms with van der Waals surface area (Å²) in [4.78, 5) is 10.6. The summed E-state index contributed by atoms with van der Waals surface area (Å²) >= 11 is 0. The second-order valence-corrected chi connectivity index (χ2v) is 3.73. The number of anilines is 1. The van der Waals surface area contributed by atoms with Crippen molar-refractivity contribution in [3.05, 3.63) is 0 Å². The molecule has 0 amide bonds. The van der Waals surface area contributed by atoms with Crippen LogP contribution in [-0.4, -0.2) is 33.3 Å². The third-order valence-electron chi connectivity index (χ3n) is 1.70. The van der Waals surface area contributed by atoms with Gasteiger partial charge in [0.15, 0.2) is 6.10 Å². The largest absolute Gasteiger partial charge is 0.461 e. The lowest BCUT2D eigenvalue weighted by atomic mass is 10.4. The smallest absolute Gasteiger partial charge is 0.425 e. The first-order chi connectivity index (χ1) is 8.18. The van der Waals surface area contributed by atoms with Gasteiger partial charge in [0.2, 0.25) is 5.95 Å². The molecule has 18 heavy (non-hydrogen) atoms. The van der Waals surface area contributed by atoms with Crippen molar-refractivity contribution in [2.75, 3.05) is 5.73 Å². The van der Waals surface area contributed by atoms with E-state index < -0.39 is 18.3 Å². The predicted molar refractivity (Wildman–Crippen MR) is 56.1 cm³/mol. The van der Waals surface area contributed by atoms with Crippen molar-refractivity contribution in [2.45, 2.75) is 39.2 Å². The molecule has 0 spiro atoms. The third-order valence-corrected chi connectivity index (χ3v) is 1.70. The van der Waals surface area contributed by atoms with Crippen LogP contribution in [-0.2, 0) is 0 Å². The summed E-state index contributed by atoms with van der Waals surface area (Å²) in [6, 6.07) is -0.704. The number of ether oxygens (including phenoxy) is 2. The number of rotatable bonds is 4. The minimum Gasteiger partial charge on any atom is -0.461 e. The van der Waals surface area contributed by atoms with Gasteiger partial charge in [-0.3, -0.25) is 0 Å². The monoisotopic (exact) mass is 266 g/mol. The molecular weight excluding hydrogens is 253 g/mol. The van der Waals surface area contributed by atoms with E-state index in [0.29, 0.717) is 0 Å². The average Bonchev–Trinajstić information content (AvgIpc) is 2.13. The van der Waals surface area contributed by atoms with Crippen LogP contribution in [0.3, 0.4) is 0 Å². The number of halogens is 3. The Labute approximate surface area is 101 Å². The second-order valence-electron chi connectivity index (χ2n) is 3.73. The van der Waals surface area contributed by atoms with Crippen molar-refractivity contribution in [3.8, 4) is 12.0 Å². The summed E-state index contributed by atoms with van der Waals surface area (Å²) in [7, 11) is 0. The molecule has 6 nitrogen and oxygen atoms in total. The fraction of sp³-hybridized carbons (Fsp3) is 0.667. The van der Waals surface area contributed by atoms with Gasteiger partial charge >= 0.3 is 18.2 Å². The van der Waals surface area contributed by atoms with Crippen LogP contribution in [0.2, 0.25) is 0 Å². The van der Waals surface area contributed by atoms with E-state index in [1.165, 1.54) is 0 Å². The molecule has 0 aliphatic rings. The first kappa shape index (κ1) is 14.3. The number of nitrogen functional groups attached to an aromatic ring is 1. The lowest BCUT2D eigenvalue weighted by molar-refractivity contribution is -0.190. The van der Waals surface area contributed by atoms with Gasteiger partial charge in [-0.2, -0.15) is 23.1 Å². The van der Waals surface area contributed by atoms with Crippen LogP contribution < -0.4 is 15.2 Å². The maximum Gasteiger partial charge on any atom is 0.425 e. The highest BCUT2D eigenvalue weighted by molar-refractivity contribution is 5.20. The molecule has 1 unspecified atom stereocenters. The average molecular weight is 266 g/mol. The highest BCUT2D eigenvalue weighted by atomic mass is 19.4. The van der Waals surface area contributed by atoms with Gasteiger partial charge < -0.3 is 15.2 Å². The molecule has 1 rings (SSSR count). The number of hydrogen-bond acceptors (Lipinski definition) is 6. The molecule has 0 aliphatic heterocycles. The molecule has 1 aromatic heterocycles. The molecule has 0 aliphatic carbocycles. The highest BCUT2D eigenvalue weighted by Gasteiger charge is 2.38. The van der Waals surface area contributed by atoms with Crippen molar-refractivity contribution in [1.29, 1.82) is 0 Å². The van der Waals surface area contributed by atoms with Gasteiger partial charge in [-0.15, -0.1) is 4.98 Å². The van der Waals surface area contributed by atoms with Crippen LogP contribution in [0.25, 0.3) is 0 Å². The minimum absolute atomic E-state index is 0.179. The molecule has 0 saturated heterocycles. The van der Waals surface area contributed by atoms with E-state index in [1.807, 2.05) is 0 Å². The molecule has 102 valence electrons. The molecule has 0 fully saturated rings. The Morgan fingerprint density at radius 3 is 1.94 bits per heavy atom. The summed E-state index contributed by atoms with van der Waals surface area (Å²) in [5, 5.41) is 0. The Hall–Kier alpha value is -1.80. The van der Waals surface area contributed by atoms with Gasteiger partial charge in [0, 0.05) is 0 Å². The zero-order chi connectivity index (χ0) is 13.9. The van der Waals surface area contributed by atoms with Crippen molar-refractivity contribution in [2.24, 2.45) is 0 Å². The number of hydrogen-bond donors (Lipinski definition) is 1. The topological polar surface area (TPSA) is 83.2 Å². The Balaban J connectivity index is 2.86. The summed E-state index contributed by atoms with van der Waals surface area (Å²) in [5.41, 5.74) is 5.32. The van der Waals surface area contributed by atoms with E-state index in [0.717, 1.165) is 6.92 Å². The van der Waals surface area contributed by atoms with Gasteiger partial charge in [-0.05, 0) is 20.8 Å². The first-order valence-corrected chi connectivity index (χ1v) is 5.10. The molecule has 0 bridgehead atoms. The molecular formula is C9H13F3N4O2. The standard InChI is InChI=1S/C9H13F3N4O2/c1-4(2)17-7-14-6(13)15-8(16-7)18-5(3)9(10,11)12/h4-5H,1-3H3,(H2,13,14,15,16). The van der Waals surface area contributed by atoms with E-state index in [4.69, 9.17) is 10.5 Å². The molecule has 1 aromatic rings. The van der Waals surface area contributed by atoms with Crippen LogP contribution in [0.1, 0.15) is 20.8 Å². The lowest BCUT2D eigenvalue weighted by Crippen LogP contribution is -2.32. The van der Waals surface area contributed by atoms with Crippen molar-refractivity contribution in [1.82, 2.24) is 15.0 Å². The Kier molecular flexibility index (Phi) is 4.15. The summed E-state index contributed by atoms with van der Waals surface area (Å²) < 4.78 is 46.5. The quantitative estimate of drug-likeness (QED) is 0.890. The summed E-state index contributed by atoms with van der Waals surface area (Å²) in [6.45, 7) is 4.25. The molecule has 9 heteroatoms. The second kappa shape index (κ2) is 5.23. The van der Waals surface area contributed by atoms with E-state index in [9.17, 15) is 13.2 Å². The van der Waals surface area contributed by atoms with E-state index in [1.54, 1.807) is 13.8 Å². The lowest BCUT2D eigenvalue weighted by Gasteiger charge is -2.16. The van der Waals surface area contributed by atoms with Crippen LogP contribution in [0.15, 0.2) is 0 Å². The van der Waals surface area contributed by atoms with Crippen LogP contribution in [0.5, 0.6) is 12.0 Å². The first-order valence-electron chi connectivity index (χ1n) is 5.10. The Morgan fingerprint density at radius 1 is 1.00 bits per heavy atom. The number of alkyl halides is 3. The zero-order valence-corrected chi connectivity index (χ0v) is 10.0. The van der Waals surface area contributed by atoms with E-state index >= 15 is 0 Å². The fourth-order valence-corrected chi connectivity index (χ4v) is 0.894. The van der Waals surface area contributed by atoms with Crippen molar-refractivity contribution in [3.63, 3.8) is 0 Å². The summed E-state index contributed by atoms with van der Waals surface area (Å²) in [6.07, 6.45) is -6.81. The molecule has 0 radical (unpaired) electrons. The zero-order valence-electron chi connectivity index (χ0n) is 10.0. The predicted octanol–water partition coefficient (Wildman–Crippen LogP) is 1.57. The third kappa shape index (κ3) is 4.22. The maximum atomic E-state index is 12.3. The number of aromatic nitrogens is 3. The number of nitrogens with zero attached hydrogens (tertiary/aromatic N) is 3. The minimum atomic E-state index is -4.51. The molecule has 0 aromatic carbocycles. The van der Waals surface area contributed by atoms with Gasteiger partial charge in [0.05, 0.1) is 6.10 Å². The van der Waals surface area contributed by atoms with Gasteiger partial charge in [0.1, 0.15) is 0 Å². The van der Waals surface area contributed by atoms with Gasteiger partial charge in [-0.25, -0.2) is 0 Å². The van der Waals surface area contributed by atoms with E-state index in [-0.39, 0.29) is 18.1 Å². The molecule has 1 atom stereocenters. The molecule has 0 saturated carbocycles. The maximum absolute atomic E-state index is 12.3. The van der Waals surface area contributed by atoms with Crippen LogP contribution >= 0.6 is 0 Å². The highest BCUT2D eigenvalue weighted by Crippen LogP contribution is 2.24. The fourth-order valence-electron chi connectivity index (χ4n) is 0.894. The van der Waals surface area contributed by atoms with Crippen LogP contribution in [0.4, 0.5) is 19.1 Å². The summed E-state index contributed by atoms with van der Waals surface area (Å²) in [5.74, 6) is -0.273. The normalized spacial score (nSPS) is 13.5. The SMILES string of the molecule is CC(C)Oc1nc(N)nc(OC(C)C(F)(F)F)n1. The van der Waals surface area contributed by atoms with Crippen LogP contribution in [0, 0.1) is 0 Å². The van der Waals surface area contributed by atoms with Gasteiger partial charge in [0.25, 0.3) is 0 Å². The molecule has 2 N–H and O–H groups in total. The van der Waals surface area contributed by atoms with E-state index in [2.05, 4.69) is 19.7 Å². The molecule has 1 heterocycles. The van der Waals surface area contributed by atoms with Gasteiger partial charge in [-0.1, -0.05) is 0 Å². The Morgan fingerprint density at radius 2 is 1.50 bits per heavy atom. The van der Waals surface area contributed by atoms with Crippen molar-refractivity contribution >= 4 is 5.95 Å².